The molecule has 20 heavy (non-hydrogen) atoms. The molecule has 1 amide bonds. The van der Waals surface area contributed by atoms with E-state index in [1.807, 2.05) is 36.4 Å². The molecule has 0 radical (unpaired) electrons. The predicted octanol–water partition coefficient (Wildman–Crippen LogP) is 3.94. The van der Waals surface area contributed by atoms with Crippen molar-refractivity contribution in [3.8, 4) is 0 Å². The highest BCUT2D eigenvalue weighted by Crippen LogP contribution is 2.34. The molecule has 104 valence electrons. The van der Waals surface area contributed by atoms with Crippen LogP contribution >= 0.6 is 23.4 Å². The summed E-state index contributed by atoms with van der Waals surface area (Å²) < 4.78 is 0. The van der Waals surface area contributed by atoms with Crippen LogP contribution in [0.5, 0.6) is 0 Å². The number of hydrogen-bond acceptors (Lipinski definition) is 3. The molecule has 5 heteroatoms. The van der Waals surface area contributed by atoms with E-state index in [0.717, 1.165) is 21.0 Å². The molecular weight excluding hydrogens is 294 g/mol. The first-order valence-corrected chi connectivity index (χ1v) is 7.22. The summed E-state index contributed by atoms with van der Waals surface area (Å²) in [6.45, 7) is 1.46. The highest BCUT2D eigenvalue weighted by Gasteiger charge is 2.04. The molecule has 3 nitrogen and oxygen atoms in total. The van der Waals surface area contributed by atoms with Crippen molar-refractivity contribution in [2.75, 3.05) is 5.32 Å². The molecule has 2 aromatic rings. The number of hydrogen-bond donors (Lipinski definition) is 2. The van der Waals surface area contributed by atoms with Crippen molar-refractivity contribution in [1.82, 2.24) is 0 Å². The first kappa shape index (κ1) is 14.9. The van der Waals surface area contributed by atoms with Crippen molar-refractivity contribution in [3.63, 3.8) is 0 Å². The summed E-state index contributed by atoms with van der Waals surface area (Å²) in [5.74, 6) is -0.0898. The second-order valence-corrected chi connectivity index (χ2v) is 5.75. The maximum absolute atomic E-state index is 10.9. The van der Waals surface area contributed by atoms with Gasteiger partial charge in [-0.1, -0.05) is 29.4 Å². The van der Waals surface area contributed by atoms with Crippen LogP contribution in [0.2, 0.25) is 5.02 Å². The van der Waals surface area contributed by atoms with Crippen LogP contribution in [0, 0.1) is 0 Å². The number of halogens is 1. The van der Waals surface area contributed by atoms with Crippen molar-refractivity contribution >= 4 is 35.0 Å². The lowest BCUT2D eigenvalue weighted by molar-refractivity contribution is -0.114. The number of carbonyl (C=O) groups is 1. The molecular formula is C15H14ClNO2S. The monoisotopic (exact) mass is 307 g/mol. The fraction of sp³-hybridized carbons (Fsp3) is 0.133. The normalized spacial score (nSPS) is 10.3. The number of anilines is 1. The highest BCUT2D eigenvalue weighted by atomic mass is 35.5. The van der Waals surface area contributed by atoms with Crippen molar-refractivity contribution in [2.24, 2.45) is 0 Å². The van der Waals surface area contributed by atoms with Crippen molar-refractivity contribution in [1.29, 1.82) is 0 Å². The van der Waals surface area contributed by atoms with Gasteiger partial charge in [0.2, 0.25) is 5.91 Å². The van der Waals surface area contributed by atoms with Crippen LogP contribution in [0.15, 0.2) is 52.3 Å². The molecule has 0 bridgehead atoms. The largest absolute Gasteiger partial charge is 0.392 e. The van der Waals surface area contributed by atoms with Crippen molar-refractivity contribution in [2.45, 2.75) is 23.3 Å². The summed E-state index contributed by atoms with van der Waals surface area (Å²) in [5.41, 5.74) is 1.56. The van der Waals surface area contributed by atoms with Crippen LogP contribution < -0.4 is 5.32 Å². The predicted molar refractivity (Wildman–Crippen MR) is 82.2 cm³/mol. The number of nitrogens with one attached hydrogen (secondary N) is 1. The summed E-state index contributed by atoms with van der Waals surface area (Å²) in [7, 11) is 0. The Morgan fingerprint density at radius 3 is 2.50 bits per heavy atom. The van der Waals surface area contributed by atoms with Gasteiger partial charge in [-0.3, -0.25) is 4.79 Å². The molecule has 0 saturated carbocycles. The van der Waals surface area contributed by atoms with Crippen LogP contribution in [-0.4, -0.2) is 11.0 Å². The molecule has 0 aliphatic rings. The molecule has 0 fully saturated rings. The van der Waals surface area contributed by atoms with Gasteiger partial charge in [0, 0.05) is 22.4 Å². The molecule has 0 heterocycles. The second-order valence-electron chi connectivity index (χ2n) is 4.23. The van der Waals surface area contributed by atoms with E-state index in [2.05, 4.69) is 5.32 Å². The molecule has 0 unspecified atom stereocenters. The first-order chi connectivity index (χ1) is 9.58. The molecule has 0 saturated heterocycles. The molecule has 0 aliphatic carbocycles. The van der Waals surface area contributed by atoms with Gasteiger partial charge in [0.15, 0.2) is 0 Å². The smallest absolute Gasteiger partial charge is 0.221 e. The van der Waals surface area contributed by atoms with Gasteiger partial charge in [-0.05, 0) is 42.0 Å². The van der Waals surface area contributed by atoms with Crippen LogP contribution in [0.3, 0.4) is 0 Å². The number of amides is 1. The topological polar surface area (TPSA) is 49.3 Å². The zero-order valence-corrected chi connectivity index (χ0v) is 12.5. The van der Waals surface area contributed by atoms with Crippen LogP contribution in [0.1, 0.15) is 12.5 Å². The Hall–Kier alpha value is -1.49. The third-order valence-corrected chi connectivity index (χ3v) is 4.09. The SMILES string of the molecule is CC(=O)Nc1ccc(Sc2ccc(CO)cc2Cl)cc1. The van der Waals surface area contributed by atoms with Gasteiger partial charge in [-0.15, -0.1) is 0 Å². The minimum atomic E-state index is -0.0898. The van der Waals surface area contributed by atoms with Crippen LogP contribution in [0.25, 0.3) is 0 Å². The lowest BCUT2D eigenvalue weighted by Crippen LogP contribution is -2.05. The number of benzene rings is 2. The average Bonchev–Trinajstić information content (AvgIpc) is 2.42. The molecule has 0 spiro atoms. The summed E-state index contributed by atoms with van der Waals surface area (Å²) >= 11 is 7.70. The molecule has 0 atom stereocenters. The van der Waals surface area contributed by atoms with Gasteiger partial charge in [0.05, 0.1) is 11.6 Å². The van der Waals surface area contributed by atoms with Gasteiger partial charge >= 0.3 is 0 Å². The Bertz CT molecular complexity index is 614. The number of carbonyl (C=O) groups excluding carboxylic acids is 1. The Balaban J connectivity index is 2.12. The van der Waals surface area contributed by atoms with E-state index in [9.17, 15) is 4.79 Å². The van der Waals surface area contributed by atoms with E-state index < -0.39 is 0 Å². The third-order valence-electron chi connectivity index (χ3n) is 2.58. The molecule has 0 aromatic heterocycles. The van der Waals surface area contributed by atoms with E-state index in [1.165, 1.54) is 18.7 Å². The van der Waals surface area contributed by atoms with Crippen molar-refractivity contribution in [3.05, 3.63) is 53.1 Å². The minimum absolute atomic E-state index is 0.0178. The standard InChI is InChI=1S/C15H14ClNO2S/c1-10(19)17-12-3-5-13(6-4-12)20-15-7-2-11(9-18)8-14(15)16/h2-8,18H,9H2,1H3,(H,17,19). The first-order valence-electron chi connectivity index (χ1n) is 6.03. The number of aliphatic hydroxyl groups is 1. The summed E-state index contributed by atoms with van der Waals surface area (Å²) in [6, 6.07) is 13.0. The van der Waals surface area contributed by atoms with Crippen LogP contribution in [-0.2, 0) is 11.4 Å². The maximum atomic E-state index is 10.9. The van der Waals surface area contributed by atoms with E-state index in [-0.39, 0.29) is 12.5 Å². The second kappa shape index (κ2) is 6.79. The summed E-state index contributed by atoms with van der Waals surface area (Å²) in [6.07, 6.45) is 0. The fourth-order valence-corrected chi connectivity index (χ4v) is 2.80. The molecule has 0 aliphatic heterocycles. The van der Waals surface area contributed by atoms with Gasteiger partial charge in [0.25, 0.3) is 0 Å². The molecule has 2 N–H and O–H groups in total. The van der Waals surface area contributed by atoms with E-state index in [0.29, 0.717) is 5.02 Å². The summed E-state index contributed by atoms with van der Waals surface area (Å²) in [4.78, 5) is 12.9. The Labute approximate surface area is 127 Å². The van der Waals surface area contributed by atoms with Gasteiger partial charge < -0.3 is 10.4 Å². The lowest BCUT2D eigenvalue weighted by Gasteiger charge is -2.07. The summed E-state index contributed by atoms with van der Waals surface area (Å²) in [5, 5.41) is 12.4. The van der Waals surface area contributed by atoms with E-state index in [1.54, 1.807) is 6.07 Å². The number of rotatable bonds is 4. The number of aliphatic hydroxyl groups excluding tert-OH is 1. The zero-order chi connectivity index (χ0) is 14.5. The quantitative estimate of drug-likeness (QED) is 0.899. The fourth-order valence-electron chi connectivity index (χ4n) is 1.66. The van der Waals surface area contributed by atoms with E-state index in [4.69, 9.17) is 16.7 Å². The van der Waals surface area contributed by atoms with Crippen LogP contribution in [0.4, 0.5) is 5.69 Å². The van der Waals surface area contributed by atoms with Gasteiger partial charge in [0.1, 0.15) is 0 Å². The highest BCUT2D eigenvalue weighted by molar-refractivity contribution is 7.99. The Morgan fingerprint density at radius 1 is 1.25 bits per heavy atom. The minimum Gasteiger partial charge on any atom is -0.392 e. The molecule has 2 aromatic carbocycles. The average molecular weight is 308 g/mol. The Kier molecular flexibility index (Phi) is 5.06. The third kappa shape index (κ3) is 4.00. The lowest BCUT2D eigenvalue weighted by atomic mass is 10.2. The van der Waals surface area contributed by atoms with Gasteiger partial charge in [-0.25, -0.2) is 0 Å². The van der Waals surface area contributed by atoms with Gasteiger partial charge in [-0.2, -0.15) is 0 Å². The maximum Gasteiger partial charge on any atom is 0.221 e. The molecule has 2 rings (SSSR count). The Morgan fingerprint density at radius 2 is 1.95 bits per heavy atom. The zero-order valence-electron chi connectivity index (χ0n) is 10.9. The van der Waals surface area contributed by atoms with Crippen molar-refractivity contribution < 1.29 is 9.90 Å². The van der Waals surface area contributed by atoms with E-state index >= 15 is 0 Å².